The highest BCUT2D eigenvalue weighted by Crippen LogP contribution is 2.44. The molecule has 0 radical (unpaired) electrons. The molecule has 1 atom stereocenters. The van der Waals surface area contributed by atoms with Crippen molar-refractivity contribution in [2.24, 2.45) is 5.73 Å². The van der Waals surface area contributed by atoms with Crippen LogP contribution in [0.15, 0.2) is 0 Å². The number of hydrogen-bond acceptors (Lipinski definition) is 4. The Hall–Kier alpha value is -0.130. The lowest BCUT2D eigenvalue weighted by Crippen LogP contribution is -2.51. The standard InChI is InChI=1S/C12H23NO3S/c1-11(2,13)9-17(14,15)10-4-7-16-12(8-10)5-3-6-12/h10H,3-9,13H2,1-2H3. The molecule has 17 heavy (non-hydrogen) atoms. The first kappa shape index (κ1) is 13.3. The fourth-order valence-corrected chi connectivity index (χ4v) is 5.13. The molecule has 1 saturated heterocycles. The molecular weight excluding hydrogens is 238 g/mol. The van der Waals surface area contributed by atoms with Crippen LogP contribution < -0.4 is 5.73 Å². The van der Waals surface area contributed by atoms with Crippen molar-refractivity contribution in [2.75, 3.05) is 12.4 Å². The smallest absolute Gasteiger partial charge is 0.155 e. The van der Waals surface area contributed by atoms with E-state index in [1.54, 1.807) is 13.8 Å². The third-order valence-corrected chi connectivity index (χ3v) is 6.36. The molecule has 0 aromatic rings. The first-order valence-corrected chi connectivity index (χ1v) is 8.09. The quantitative estimate of drug-likeness (QED) is 0.830. The molecule has 0 aromatic heterocycles. The first-order valence-electron chi connectivity index (χ1n) is 6.37. The Labute approximate surface area is 104 Å². The zero-order chi connectivity index (χ0) is 12.7. The van der Waals surface area contributed by atoms with Crippen molar-refractivity contribution in [2.45, 2.75) is 62.3 Å². The number of ether oxygens (including phenoxy) is 1. The highest BCUT2D eigenvalue weighted by atomic mass is 32.2. The summed E-state index contributed by atoms with van der Waals surface area (Å²) in [7, 11) is -3.09. The summed E-state index contributed by atoms with van der Waals surface area (Å²) in [6.07, 6.45) is 4.50. The van der Waals surface area contributed by atoms with Crippen LogP contribution in [0.2, 0.25) is 0 Å². The van der Waals surface area contributed by atoms with Gasteiger partial charge in [0.05, 0.1) is 16.6 Å². The second-order valence-electron chi connectivity index (χ2n) is 6.30. The van der Waals surface area contributed by atoms with Gasteiger partial charge in [-0.25, -0.2) is 8.42 Å². The maximum atomic E-state index is 12.3. The van der Waals surface area contributed by atoms with E-state index >= 15 is 0 Å². The highest BCUT2D eigenvalue weighted by molar-refractivity contribution is 7.92. The van der Waals surface area contributed by atoms with E-state index in [2.05, 4.69) is 0 Å². The molecule has 2 N–H and O–H groups in total. The number of hydrogen-bond donors (Lipinski definition) is 1. The normalized spacial score (nSPS) is 29.0. The van der Waals surface area contributed by atoms with E-state index in [0.29, 0.717) is 19.4 Å². The van der Waals surface area contributed by atoms with E-state index in [9.17, 15) is 8.42 Å². The summed E-state index contributed by atoms with van der Waals surface area (Å²) >= 11 is 0. The van der Waals surface area contributed by atoms with Gasteiger partial charge >= 0.3 is 0 Å². The molecule has 2 aliphatic rings. The molecule has 100 valence electrons. The van der Waals surface area contributed by atoms with Crippen LogP contribution in [0.4, 0.5) is 0 Å². The van der Waals surface area contributed by atoms with Gasteiger partial charge in [-0.2, -0.15) is 0 Å². The molecule has 2 fully saturated rings. The predicted molar refractivity (Wildman–Crippen MR) is 67.6 cm³/mol. The van der Waals surface area contributed by atoms with E-state index < -0.39 is 15.4 Å². The molecule has 1 heterocycles. The Morgan fingerprint density at radius 1 is 1.41 bits per heavy atom. The Morgan fingerprint density at radius 2 is 2.06 bits per heavy atom. The molecule has 0 aromatic carbocycles. The van der Waals surface area contributed by atoms with Gasteiger partial charge in [-0.05, 0) is 46.0 Å². The molecule has 5 heteroatoms. The summed E-state index contributed by atoms with van der Waals surface area (Å²) in [6.45, 7) is 4.11. The van der Waals surface area contributed by atoms with Crippen LogP contribution >= 0.6 is 0 Å². The lowest BCUT2D eigenvalue weighted by atomic mass is 9.75. The van der Waals surface area contributed by atoms with Crippen molar-refractivity contribution in [1.82, 2.24) is 0 Å². The van der Waals surface area contributed by atoms with Crippen molar-refractivity contribution in [1.29, 1.82) is 0 Å². The lowest BCUT2D eigenvalue weighted by molar-refractivity contribution is -0.125. The Balaban J connectivity index is 2.06. The van der Waals surface area contributed by atoms with Gasteiger partial charge in [0.15, 0.2) is 9.84 Å². The van der Waals surface area contributed by atoms with Crippen LogP contribution in [0.25, 0.3) is 0 Å². The lowest BCUT2D eigenvalue weighted by Gasteiger charge is -2.47. The van der Waals surface area contributed by atoms with Crippen LogP contribution in [0.1, 0.15) is 46.0 Å². The summed E-state index contributed by atoms with van der Waals surface area (Å²) in [6, 6.07) is 0. The summed E-state index contributed by atoms with van der Waals surface area (Å²) in [5, 5.41) is -0.251. The fourth-order valence-electron chi connectivity index (χ4n) is 2.85. The van der Waals surface area contributed by atoms with Gasteiger partial charge in [0, 0.05) is 12.1 Å². The SMILES string of the molecule is CC(C)(N)CS(=O)(=O)C1CCOC2(CCC2)C1. The average Bonchev–Trinajstić information content (AvgIpc) is 2.12. The van der Waals surface area contributed by atoms with Gasteiger partial charge in [-0.15, -0.1) is 0 Å². The Bertz CT molecular complexity index is 379. The topological polar surface area (TPSA) is 69.4 Å². The highest BCUT2D eigenvalue weighted by Gasteiger charge is 2.46. The number of nitrogens with two attached hydrogens (primary N) is 1. The van der Waals surface area contributed by atoms with Crippen LogP contribution in [0.5, 0.6) is 0 Å². The van der Waals surface area contributed by atoms with Gasteiger partial charge in [0.1, 0.15) is 0 Å². The molecule has 2 rings (SSSR count). The third-order valence-electron chi connectivity index (χ3n) is 3.79. The van der Waals surface area contributed by atoms with Crippen molar-refractivity contribution in [3.63, 3.8) is 0 Å². The van der Waals surface area contributed by atoms with Crippen molar-refractivity contribution in [3.8, 4) is 0 Å². The van der Waals surface area contributed by atoms with E-state index in [-0.39, 0.29) is 16.6 Å². The van der Waals surface area contributed by atoms with Gasteiger partial charge in [-0.1, -0.05) is 0 Å². The molecule has 1 spiro atoms. The Kier molecular flexibility index (Phi) is 3.30. The summed E-state index contributed by atoms with van der Waals surface area (Å²) in [5.41, 5.74) is 5.07. The fraction of sp³-hybridized carbons (Fsp3) is 1.00. The second-order valence-corrected chi connectivity index (χ2v) is 8.58. The van der Waals surface area contributed by atoms with Crippen molar-refractivity contribution >= 4 is 9.84 Å². The predicted octanol–water partition coefficient (Wildman–Crippen LogP) is 1.24. The van der Waals surface area contributed by atoms with Crippen LogP contribution in [-0.4, -0.2) is 37.2 Å². The van der Waals surface area contributed by atoms with Crippen molar-refractivity contribution < 1.29 is 13.2 Å². The Morgan fingerprint density at radius 3 is 2.53 bits per heavy atom. The van der Waals surface area contributed by atoms with E-state index in [1.165, 1.54) is 0 Å². The molecule has 4 nitrogen and oxygen atoms in total. The van der Waals surface area contributed by atoms with E-state index in [1.807, 2.05) is 0 Å². The van der Waals surface area contributed by atoms with Gasteiger partial charge < -0.3 is 10.5 Å². The number of sulfone groups is 1. The largest absolute Gasteiger partial charge is 0.375 e. The minimum absolute atomic E-state index is 0.0702. The zero-order valence-corrected chi connectivity index (χ0v) is 11.6. The zero-order valence-electron chi connectivity index (χ0n) is 10.7. The second kappa shape index (κ2) is 4.21. The van der Waals surface area contributed by atoms with Crippen LogP contribution in [0.3, 0.4) is 0 Å². The minimum Gasteiger partial charge on any atom is -0.375 e. The summed E-state index contributed by atoms with van der Waals surface area (Å²) in [4.78, 5) is 0. The van der Waals surface area contributed by atoms with Crippen LogP contribution in [0, 0.1) is 0 Å². The maximum Gasteiger partial charge on any atom is 0.155 e. The van der Waals surface area contributed by atoms with Gasteiger partial charge in [0.25, 0.3) is 0 Å². The number of rotatable bonds is 3. The van der Waals surface area contributed by atoms with Crippen molar-refractivity contribution in [3.05, 3.63) is 0 Å². The van der Waals surface area contributed by atoms with Gasteiger partial charge in [0.2, 0.25) is 0 Å². The molecular formula is C12H23NO3S. The third kappa shape index (κ3) is 3.01. The maximum absolute atomic E-state index is 12.3. The molecule has 1 aliphatic carbocycles. The molecule has 1 aliphatic heterocycles. The van der Waals surface area contributed by atoms with Crippen LogP contribution in [-0.2, 0) is 14.6 Å². The van der Waals surface area contributed by atoms with Gasteiger partial charge in [-0.3, -0.25) is 0 Å². The van der Waals surface area contributed by atoms with E-state index in [4.69, 9.17) is 10.5 Å². The molecule has 1 unspecified atom stereocenters. The monoisotopic (exact) mass is 261 g/mol. The molecule has 1 saturated carbocycles. The first-order chi connectivity index (χ1) is 7.73. The molecule has 0 amide bonds. The summed E-state index contributed by atoms with van der Waals surface area (Å²) in [5.74, 6) is 0.0702. The average molecular weight is 261 g/mol. The summed E-state index contributed by atoms with van der Waals surface area (Å²) < 4.78 is 30.3. The minimum atomic E-state index is -3.09. The van der Waals surface area contributed by atoms with E-state index in [0.717, 1.165) is 19.3 Å². The molecule has 0 bridgehead atoms.